The summed E-state index contributed by atoms with van der Waals surface area (Å²) in [5, 5.41) is 0. The second kappa shape index (κ2) is 6.20. The van der Waals surface area contributed by atoms with Crippen molar-refractivity contribution >= 4 is 5.91 Å². The fourth-order valence-electron chi connectivity index (χ4n) is 6.58. The van der Waals surface area contributed by atoms with E-state index in [-0.39, 0.29) is 23.6 Å². The SMILES string of the molecule is COC1(c2ccnc(C(N)=O)c2)C2CCCC1CN(C1C[C@@H]3[C@H](C1)C3(F)F)C2. The second-order valence-corrected chi connectivity index (χ2v) is 9.08. The molecule has 28 heavy (non-hydrogen) atoms. The molecule has 1 saturated heterocycles. The van der Waals surface area contributed by atoms with Crippen LogP contribution in [0.15, 0.2) is 18.3 Å². The highest BCUT2D eigenvalue weighted by Gasteiger charge is 2.72. The van der Waals surface area contributed by atoms with Crippen LogP contribution in [0.25, 0.3) is 0 Å². The van der Waals surface area contributed by atoms with Gasteiger partial charge in [0.15, 0.2) is 0 Å². The fraction of sp³-hybridized carbons (Fsp3) is 0.714. The minimum atomic E-state index is -2.42. The summed E-state index contributed by atoms with van der Waals surface area (Å²) < 4.78 is 33.5. The molecule has 0 aromatic carbocycles. The van der Waals surface area contributed by atoms with Crippen LogP contribution in [-0.2, 0) is 10.3 Å². The Kier molecular flexibility index (Phi) is 4.08. The molecule has 7 heteroatoms. The Bertz CT molecular complexity index is 774. The number of pyridine rings is 1. The number of likely N-dealkylation sites (tertiary alicyclic amines) is 1. The summed E-state index contributed by atoms with van der Waals surface area (Å²) in [5.41, 5.74) is 6.20. The van der Waals surface area contributed by atoms with Crippen molar-refractivity contribution in [3.63, 3.8) is 0 Å². The number of piperidine rings is 1. The third kappa shape index (κ3) is 2.48. The molecule has 1 aliphatic heterocycles. The van der Waals surface area contributed by atoms with E-state index in [1.807, 2.05) is 6.07 Å². The summed E-state index contributed by atoms with van der Waals surface area (Å²) in [4.78, 5) is 18.2. The number of nitrogens with zero attached hydrogens (tertiary/aromatic N) is 2. The van der Waals surface area contributed by atoms with Gasteiger partial charge in [-0.1, -0.05) is 6.42 Å². The van der Waals surface area contributed by atoms with Crippen molar-refractivity contribution in [3.05, 3.63) is 29.6 Å². The van der Waals surface area contributed by atoms with Gasteiger partial charge < -0.3 is 10.5 Å². The topological polar surface area (TPSA) is 68.5 Å². The molecule has 5 nitrogen and oxygen atoms in total. The number of carbonyl (C=O) groups excluding carboxylic acids is 1. The molecule has 1 aromatic heterocycles. The lowest BCUT2D eigenvalue weighted by Crippen LogP contribution is -2.60. The number of hydrogen-bond acceptors (Lipinski definition) is 4. The minimum Gasteiger partial charge on any atom is -0.373 e. The van der Waals surface area contributed by atoms with E-state index in [1.165, 1.54) is 0 Å². The van der Waals surface area contributed by atoms with Crippen LogP contribution in [0.2, 0.25) is 0 Å². The molecule has 152 valence electrons. The first-order valence-corrected chi connectivity index (χ1v) is 10.3. The highest BCUT2D eigenvalue weighted by atomic mass is 19.3. The molecule has 4 aliphatic rings. The van der Waals surface area contributed by atoms with Gasteiger partial charge in [-0.25, -0.2) is 8.78 Å². The Balaban J connectivity index is 1.42. The van der Waals surface area contributed by atoms with E-state index in [0.29, 0.717) is 12.8 Å². The number of primary amides is 1. The zero-order valence-corrected chi connectivity index (χ0v) is 16.1. The van der Waals surface area contributed by atoms with Crippen LogP contribution in [0.3, 0.4) is 0 Å². The molecule has 3 unspecified atom stereocenters. The normalized spacial score (nSPS) is 41.5. The molecule has 2 heterocycles. The van der Waals surface area contributed by atoms with Crippen LogP contribution < -0.4 is 5.73 Å². The number of aromatic nitrogens is 1. The zero-order valence-electron chi connectivity index (χ0n) is 16.1. The van der Waals surface area contributed by atoms with E-state index in [0.717, 1.165) is 37.9 Å². The van der Waals surface area contributed by atoms with Gasteiger partial charge in [0.1, 0.15) is 11.3 Å². The number of fused-ring (bicyclic) bond motifs is 3. The first kappa shape index (κ1) is 18.4. The van der Waals surface area contributed by atoms with E-state index >= 15 is 0 Å². The summed E-state index contributed by atoms with van der Waals surface area (Å²) in [6, 6.07) is 3.98. The summed E-state index contributed by atoms with van der Waals surface area (Å²) in [7, 11) is 1.75. The van der Waals surface area contributed by atoms with Crippen LogP contribution in [0.5, 0.6) is 0 Å². The first-order chi connectivity index (χ1) is 13.4. The van der Waals surface area contributed by atoms with E-state index in [9.17, 15) is 13.6 Å². The molecule has 3 aliphatic carbocycles. The lowest BCUT2D eigenvalue weighted by atomic mass is 9.62. The Hall–Kier alpha value is -1.60. The maximum Gasteiger partial charge on any atom is 0.267 e. The van der Waals surface area contributed by atoms with Gasteiger partial charge in [0, 0.05) is 56.1 Å². The molecule has 0 radical (unpaired) electrons. The maximum absolute atomic E-state index is 13.6. The number of amides is 1. The van der Waals surface area contributed by atoms with Crippen LogP contribution in [0.1, 0.15) is 48.2 Å². The van der Waals surface area contributed by atoms with Gasteiger partial charge in [0.2, 0.25) is 0 Å². The number of alkyl halides is 2. The van der Waals surface area contributed by atoms with Crippen molar-refractivity contribution in [1.29, 1.82) is 0 Å². The molecular formula is C21H27F2N3O2. The van der Waals surface area contributed by atoms with Crippen LogP contribution in [0.4, 0.5) is 8.78 Å². The molecule has 4 fully saturated rings. The highest BCUT2D eigenvalue weighted by Crippen LogP contribution is 2.65. The summed E-state index contributed by atoms with van der Waals surface area (Å²) in [6.45, 7) is 1.71. The summed E-state index contributed by atoms with van der Waals surface area (Å²) in [6.07, 6.45) is 6.09. The molecule has 2 bridgehead atoms. The zero-order chi connectivity index (χ0) is 19.7. The number of nitrogens with two attached hydrogens (primary N) is 1. The van der Waals surface area contributed by atoms with Crippen LogP contribution in [-0.4, -0.2) is 48.0 Å². The number of carbonyl (C=O) groups is 1. The van der Waals surface area contributed by atoms with E-state index in [2.05, 4.69) is 9.88 Å². The second-order valence-electron chi connectivity index (χ2n) is 9.08. The van der Waals surface area contributed by atoms with Crippen molar-refractivity contribution in [1.82, 2.24) is 9.88 Å². The van der Waals surface area contributed by atoms with E-state index in [1.54, 1.807) is 19.4 Å². The van der Waals surface area contributed by atoms with Gasteiger partial charge in [-0.05, 0) is 43.4 Å². The Morgan fingerprint density at radius 1 is 1.25 bits per heavy atom. The van der Waals surface area contributed by atoms with Gasteiger partial charge in [0.05, 0.1) is 0 Å². The number of rotatable bonds is 4. The average Bonchev–Trinajstić information content (AvgIpc) is 3.01. The van der Waals surface area contributed by atoms with Crippen molar-refractivity contribution in [3.8, 4) is 0 Å². The largest absolute Gasteiger partial charge is 0.373 e. The molecule has 1 amide bonds. The van der Waals surface area contributed by atoms with Gasteiger partial charge in [0.25, 0.3) is 11.8 Å². The van der Waals surface area contributed by atoms with Gasteiger partial charge in [-0.15, -0.1) is 0 Å². The number of ether oxygens (including phenoxy) is 1. The number of methoxy groups -OCH3 is 1. The van der Waals surface area contributed by atoms with Gasteiger partial charge >= 0.3 is 0 Å². The third-order valence-electron chi connectivity index (χ3n) is 7.96. The predicted molar refractivity (Wildman–Crippen MR) is 98.8 cm³/mol. The van der Waals surface area contributed by atoms with Crippen molar-refractivity contribution in [2.45, 2.75) is 49.7 Å². The quantitative estimate of drug-likeness (QED) is 0.857. The number of halogens is 2. The average molecular weight is 391 g/mol. The standard InChI is InChI=1S/C21H27F2N3O2/c1-28-20(12-5-6-25-18(7-12)19(24)27)13-3-2-4-14(20)11-26(10-13)15-8-16-17(9-15)21(16,22)23/h5-7,13-17H,2-4,8-11H2,1H3,(H2,24,27)/t13?,14?,15?,16-,17+,20?. The van der Waals surface area contributed by atoms with Crippen molar-refractivity contribution in [2.75, 3.05) is 20.2 Å². The Labute approximate surface area is 163 Å². The Morgan fingerprint density at radius 2 is 1.89 bits per heavy atom. The molecule has 1 aromatic rings. The number of hydrogen-bond donors (Lipinski definition) is 1. The van der Waals surface area contributed by atoms with Gasteiger partial charge in [-0.3, -0.25) is 14.7 Å². The third-order valence-corrected chi connectivity index (χ3v) is 7.96. The van der Waals surface area contributed by atoms with Crippen LogP contribution in [0, 0.1) is 23.7 Å². The predicted octanol–water partition coefficient (Wildman–Crippen LogP) is 2.80. The van der Waals surface area contributed by atoms with Gasteiger partial charge in [-0.2, -0.15) is 0 Å². The minimum absolute atomic E-state index is 0.257. The molecule has 0 spiro atoms. The van der Waals surface area contributed by atoms with E-state index in [4.69, 9.17) is 10.5 Å². The molecule has 3 saturated carbocycles. The molecular weight excluding hydrogens is 364 g/mol. The van der Waals surface area contributed by atoms with Crippen molar-refractivity contribution in [2.24, 2.45) is 29.4 Å². The highest BCUT2D eigenvalue weighted by molar-refractivity contribution is 5.90. The monoisotopic (exact) mass is 391 g/mol. The lowest BCUT2D eigenvalue weighted by Gasteiger charge is -2.56. The van der Waals surface area contributed by atoms with E-state index < -0.39 is 29.3 Å². The van der Waals surface area contributed by atoms with Crippen LogP contribution >= 0.6 is 0 Å². The fourth-order valence-corrected chi connectivity index (χ4v) is 6.58. The summed E-state index contributed by atoms with van der Waals surface area (Å²) >= 11 is 0. The molecule has 5 atom stereocenters. The first-order valence-electron chi connectivity index (χ1n) is 10.3. The van der Waals surface area contributed by atoms with Crippen molar-refractivity contribution < 1.29 is 18.3 Å². The lowest BCUT2D eigenvalue weighted by molar-refractivity contribution is -0.175. The molecule has 2 N–H and O–H groups in total. The Morgan fingerprint density at radius 3 is 2.46 bits per heavy atom. The smallest absolute Gasteiger partial charge is 0.267 e. The maximum atomic E-state index is 13.6. The summed E-state index contributed by atoms with van der Waals surface area (Å²) in [5.74, 6) is -3.21. The molecule has 5 rings (SSSR count).